The maximum Gasteiger partial charge on any atom is 0.263 e. The number of para-hydroxylation sites is 1. The predicted molar refractivity (Wildman–Crippen MR) is 111 cm³/mol. The van der Waals surface area contributed by atoms with Crippen molar-refractivity contribution in [3.05, 3.63) is 69.4 Å². The van der Waals surface area contributed by atoms with Gasteiger partial charge in [0.25, 0.3) is 5.91 Å². The maximum absolute atomic E-state index is 13.0. The van der Waals surface area contributed by atoms with E-state index in [1.165, 1.54) is 23.5 Å². The number of aryl methyl sites for hydroxylation is 1. The first kappa shape index (κ1) is 20.2. The van der Waals surface area contributed by atoms with Gasteiger partial charge in [-0.25, -0.2) is 9.37 Å². The zero-order valence-corrected chi connectivity index (χ0v) is 17.4. The van der Waals surface area contributed by atoms with E-state index in [0.29, 0.717) is 40.1 Å². The third-order valence-electron chi connectivity index (χ3n) is 4.73. The molecule has 6 nitrogen and oxygen atoms in total. The second-order valence-corrected chi connectivity index (χ2v) is 7.98. The summed E-state index contributed by atoms with van der Waals surface area (Å²) in [4.78, 5) is 17.8. The van der Waals surface area contributed by atoms with E-state index in [4.69, 9.17) is 14.2 Å². The molecule has 156 valence electrons. The van der Waals surface area contributed by atoms with Crippen molar-refractivity contribution in [2.45, 2.75) is 26.0 Å². The normalized spacial score (nSPS) is 15.1. The molecule has 0 saturated heterocycles. The van der Waals surface area contributed by atoms with E-state index in [0.717, 1.165) is 11.3 Å². The van der Waals surface area contributed by atoms with Crippen molar-refractivity contribution in [1.29, 1.82) is 0 Å². The molecule has 1 N–H and O–H groups in total. The summed E-state index contributed by atoms with van der Waals surface area (Å²) < 4.78 is 29.8. The minimum absolute atomic E-state index is 0.141. The Morgan fingerprint density at radius 1 is 1.30 bits per heavy atom. The monoisotopic (exact) mass is 428 g/mol. The van der Waals surface area contributed by atoms with Crippen LogP contribution in [0.2, 0.25) is 0 Å². The number of hydrogen-bond acceptors (Lipinski definition) is 6. The molecule has 1 aromatic heterocycles. The Morgan fingerprint density at radius 2 is 2.10 bits per heavy atom. The van der Waals surface area contributed by atoms with Crippen molar-refractivity contribution < 1.29 is 23.4 Å². The molecule has 2 heterocycles. The first-order valence-electron chi connectivity index (χ1n) is 9.47. The van der Waals surface area contributed by atoms with Gasteiger partial charge >= 0.3 is 0 Å². The Kier molecular flexibility index (Phi) is 5.85. The van der Waals surface area contributed by atoms with E-state index in [2.05, 4.69) is 10.3 Å². The number of halogens is 1. The highest BCUT2D eigenvalue weighted by Crippen LogP contribution is 2.34. The Bertz CT molecular complexity index is 1050. The second-order valence-electron chi connectivity index (χ2n) is 6.90. The third-order valence-corrected chi connectivity index (χ3v) is 5.86. The molecule has 1 aliphatic rings. The summed E-state index contributed by atoms with van der Waals surface area (Å²) in [7, 11) is 1.61. The van der Waals surface area contributed by atoms with Crippen LogP contribution in [0, 0.1) is 12.7 Å². The summed E-state index contributed by atoms with van der Waals surface area (Å²) in [6, 6.07) is 11.4. The lowest BCUT2D eigenvalue weighted by Gasteiger charge is -2.27. The third kappa shape index (κ3) is 4.38. The first-order chi connectivity index (χ1) is 14.5. The van der Waals surface area contributed by atoms with Gasteiger partial charge in [0, 0.05) is 5.56 Å². The van der Waals surface area contributed by atoms with Gasteiger partial charge in [0.05, 0.1) is 18.8 Å². The van der Waals surface area contributed by atoms with E-state index in [9.17, 15) is 9.18 Å². The van der Waals surface area contributed by atoms with Crippen LogP contribution in [0.4, 0.5) is 4.39 Å². The molecule has 8 heteroatoms. The lowest BCUT2D eigenvalue weighted by atomic mass is 10.0. The summed E-state index contributed by atoms with van der Waals surface area (Å²) in [5.41, 5.74) is 1.65. The number of nitrogens with zero attached hydrogens (tertiary/aromatic N) is 1. The highest BCUT2D eigenvalue weighted by molar-refractivity contribution is 7.13. The van der Waals surface area contributed by atoms with E-state index in [1.807, 2.05) is 18.2 Å². The van der Waals surface area contributed by atoms with Crippen LogP contribution >= 0.6 is 11.3 Å². The molecule has 1 unspecified atom stereocenters. The number of carbonyl (C=O) groups excluding carboxylic acids is 1. The highest BCUT2D eigenvalue weighted by Gasteiger charge is 2.25. The number of methoxy groups -OCH3 is 1. The molecule has 1 amide bonds. The van der Waals surface area contributed by atoms with Crippen LogP contribution in [0.5, 0.6) is 17.2 Å². The lowest BCUT2D eigenvalue weighted by Crippen LogP contribution is -2.42. The maximum atomic E-state index is 13.0. The van der Waals surface area contributed by atoms with Crippen molar-refractivity contribution in [3.8, 4) is 17.2 Å². The molecule has 0 bridgehead atoms. The molecule has 4 rings (SSSR count). The molecular formula is C22H21FN2O4S. The summed E-state index contributed by atoms with van der Waals surface area (Å²) in [5.74, 6) is 1.47. The van der Waals surface area contributed by atoms with Crippen LogP contribution in [-0.4, -0.2) is 30.6 Å². The van der Waals surface area contributed by atoms with Crippen LogP contribution in [0.3, 0.4) is 0 Å². The Balaban J connectivity index is 1.38. The number of amides is 1. The van der Waals surface area contributed by atoms with Crippen molar-refractivity contribution in [2.75, 3.05) is 13.7 Å². The molecule has 1 aliphatic heterocycles. The zero-order chi connectivity index (χ0) is 21.1. The number of hydrogen-bond donors (Lipinski definition) is 1. The molecule has 0 saturated carbocycles. The molecule has 1 atom stereocenters. The predicted octanol–water partition coefficient (Wildman–Crippen LogP) is 3.91. The van der Waals surface area contributed by atoms with Gasteiger partial charge in [-0.15, -0.1) is 11.3 Å². The van der Waals surface area contributed by atoms with Crippen LogP contribution in [0.1, 0.15) is 25.9 Å². The van der Waals surface area contributed by atoms with E-state index >= 15 is 0 Å². The molecule has 0 aliphatic carbocycles. The number of fused-ring (bicyclic) bond motifs is 1. The fourth-order valence-corrected chi connectivity index (χ4v) is 4.18. The van der Waals surface area contributed by atoms with Crippen LogP contribution in [0.25, 0.3) is 0 Å². The Hall–Kier alpha value is -3.13. The average Bonchev–Trinajstić information content (AvgIpc) is 3.13. The van der Waals surface area contributed by atoms with Gasteiger partial charge in [-0.2, -0.15) is 0 Å². The number of nitrogens with one attached hydrogen (secondary N) is 1. The minimum Gasteiger partial charge on any atom is -0.493 e. The molecular weight excluding hydrogens is 407 g/mol. The summed E-state index contributed by atoms with van der Waals surface area (Å²) in [6.45, 7) is 2.38. The summed E-state index contributed by atoms with van der Waals surface area (Å²) >= 11 is 1.29. The zero-order valence-electron chi connectivity index (χ0n) is 16.6. The molecule has 0 fully saturated rings. The Morgan fingerprint density at radius 3 is 2.87 bits per heavy atom. The number of rotatable bonds is 6. The van der Waals surface area contributed by atoms with Crippen molar-refractivity contribution >= 4 is 17.2 Å². The van der Waals surface area contributed by atoms with Crippen molar-refractivity contribution in [3.63, 3.8) is 0 Å². The summed E-state index contributed by atoms with van der Waals surface area (Å²) in [5, 5.41) is 3.71. The van der Waals surface area contributed by atoms with Gasteiger partial charge in [-0.3, -0.25) is 4.79 Å². The highest BCUT2D eigenvalue weighted by atomic mass is 32.1. The summed E-state index contributed by atoms with van der Waals surface area (Å²) in [6.07, 6.45) is 0.663. The molecule has 3 aromatic rings. The Labute approximate surface area is 177 Å². The number of aromatic nitrogens is 1. The van der Waals surface area contributed by atoms with Crippen molar-refractivity contribution in [1.82, 2.24) is 10.3 Å². The number of carbonyl (C=O) groups is 1. The average molecular weight is 428 g/mol. The van der Waals surface area contributed by atoms with Gasteiger partial charge in [-0.05, 0) is 43.7 Å². The van der Waals surface area contributed by atoms with Gasteiger partial charge in [-0.1, -0.05) is 12.1 Å². The standard InChI is InChI=1S/C22H21FN2O4S/c1-13-21(30-19(24-13)12-28-17-8-6-15(23)7-9-17)22(26)25-16-10-14-4-3-5-18(27-2)20(14)29-11-16/h3-9,16H,10-12H2,1-2H3,(H,25,26). The number of thiazole rings is 1. The number of ether oxygens (including phenoxy) is 3. The molecule has 30 heavy (non-hydrogen) atoms. The fourth-order valence-electron chi connectivity index (χ4n) is 3.30. The number of benzene rings is 2. The van der Waals surface area contributed by atoms with Gasteiger partial charge < -0.3 is 19.5 Å². The topological polar surface area (TPSA) is 69.7 Å². The molecule has 2 aromatic carbocycles. The van der Waals surface area contributed by atoms with Gasteiger partial charge in [0.2, 0.25) is 0 Å². The molecule has 0 spiro atoms. The SMILES string of the molecule is COc1cccc2c1OCC(NC(=O)c1sc(COc3ccc(F)cc3)nc1C)C2. The quantitative estimate of drug-likeness (QED) is 0.645. The smallest absolute Gasteiger partial charge is 0.263 e. The van der Waals surface area contributed by atoms with E-state index < -0.39 is 0 Å². The van der Waals surface area contributed by atoms with E-state index in [-0.39, 0.29) is 24.4 Å². The fraction of sp³-hybridized carbons (Fsp3) is 0.273. The molecule has 0 radical (unpaired) electrons. The van der Waals surface area contributed by atoms with Crippen LogP contribution in [0.15, 0.2) is 42.5 Å². The second kappa shape index (κ2) is 8.71. The first-order valence-corrected chi connectivity index (χ1v) is 10.3. The van der Waals surface area contributed by atoms with Crippen molar-refractivity contribution in [2.24, 2.45) is 0 Å². The van der Waals surface area contributed by atoms with Crippen LogP contribution in [-0.2, 0) is 13.0 Å². The minimum atomic E-state index is -0.320. The van der Waals surface area contributed by atoms with Crippen LogP contribution < -0.4 is 19.5 Å². The largest absolute Gasteiger partial charge is 0.493 e. The van der Waals surface area contributed by atoms with Gasteiger partial charge in [0.15, 0.2) is 11.5 Å². The van der Waals surface area contributed by atoms with Gasteiger partial charge in [0.1, 0.15) is 34.7 Å². The lowest BCUT2D eigenvalue weighted by molar-refractivity contribution is 0.0918. The van der Waals surface area contributed by atoms with E-state index in [1.54, 1.807) is 26.2 Å².